The van der Waals surface area contributed by atoms with Crippen molar-refractivity contribution in [2.75, 3.05) is 4.90 Å². The zero-order valence-corrected chi connectivity index (χ0v) is 9.81. The van der Waals surface area contributed by atoms with Gasteiger partial charge < -0.3 is 10.2 Å². The predicted molar refractivity (Wildman–Crippen MR) is 65.8 cm³/mol. The number of anilines is 1. The Morgan fingerprint density at radius 1 is 1.16 bits per heavy atom. The van der Waals surface area contributed by atoms with Crippen LogP contribution in [-0.2, 0) is 20.8 Å². The molecule has 0 saturated carbocycles. The van der Waals surface area contributed by atoms with E-state index < -0.39 is 23.9 Å². The van der Waals surface area contributed by atoms with Gasteiger partial charge in [0.05, 0.1) is 0 Å². The second-order valence-electron chi connectivity index (χ2n) is 4.07. The summed E-state index contributed by atoms with van der Waals surface area (Å²) in [7, 11) is 0. The largest absolute Gasteiger partial charge is 0.480 e. The van der Waals surface area contributed by atoms with Gasteiger partial charge in [0.15, 0.2) is 0 Å². The average molecular weight is 261 g/mol. The maximum atomic E-state index is 11.9. The molecule has 1 aromatic carbocycles. The molecule has 1 aliphatic heterocycles. The first-order valence-corrected chi connectivity index (χ1v) is 5.55. The number of carboxylic acid groups (broad SMARTS) is 2. The standard InChI is InChI=1S/C13H11NO5/c15-11(5-6-12(16)17)14-9-4-2-1-3-8(9)7-10(14)13(18)19/h1-6,10H,7H2,(H,16,17)(H,18,19)/b6-5+/t10-/m0/s1. The molecule has 0 aromatic heterocycles. The van der Waals surface area contributed by atoms with E-state index in [2.05, 4.69) is 0 Å². The first-order valence-electron chi connectivity index (χ1n) is 5.55. The lowest BCUT2D eigenvalue weighted by Gasteiger charge is -2.20. The summed E-state index contributed by atoms with van der Waals surface area (Å²) in [5.74, 6) is -3.03. The zero-order chi connectivity index (χ0) is 14.0. The summed E-state index contributed by atoms with van der Waals surface area (Å²) in [4.78, 5) is 34.6. The monoisotopic (exact) mass is 261 g/mol. The van der Waals surface area contributed by atoms with Crippen molar-refractivity contribution in [3.8, 4) is 0 Å². The number of benzene rings is 1. The van der Waals surface area contributed by atoms with Crippen LogP contribution in [0.25, 0.3) is 0 Å². The molecule has 1 aliphatic rings. The third-order valence-electron chi connectivity index (χ3n) is 2.87. The lowest BCUT2D eigenvalue weighted by atomic mass is 10.1. The van der Waals surface area contributed by atoms with Crippen molar-refractivity contribution in [3.05, 3.63) is 42.0 Å². The first-order chi connectivity index (χ1) is 9.00. The van der Waals surface area contributed by atoms with Crippen LogP contribution >= 0.6 is 0 Å². The van der Waals surface area contributed by atoms with E-state index in [1.54, 1.807) is 24.3 Å². The number of hydrogen-bond acceptors (Lipinski definition) is 3. The molecule has 19 heavy (non-hydrogen) atoms. The maximum Gasteiger partial charge on any atom is 0.328 e. The highest BCUT2D eigenvalue weighted by Gasteiger charge is 2.37. The molecule has 6 nitrogen and oxygen atoms in total. The third-order valence-corrected chi connectivity index (χ3v) is 2.87. The van der Waals surface area contributed by atoms with E-state index in [1.165, 1.54) is 0 Å². The SMILES string of the molecule is O=C(O)/C=C/C(=O)N1c2ccccc2C[C@H]1C(=O)O. The molecule has 0 saturated heterocycles. The molecule has 0 radical (unpaired) electrons. The van der Waals surface area contributed by atoms with Crippen LogP contribution in [0.4, 0.5) is 5.69 Å². The molecule has 0 aliphatic carbocycles. The number of amides is 1. The normalized spacial score (nSPS) is 17.5. The molecular weight excluding hydrogens is 250 g/mol. The summed E-state index contributed by atoms with van der Waals surface area (Å²) in [5.41, 5.74) is 1.27. The fraction of sp³-hybridized carbons (Fsp3) is 0.154. The summed E-state index contributed by atoms with van der Waals surface area (Å²) in [6, 6.07) is 5.86. The van der Waals surface area contributed by atoms with Crippen LogP contribution in [0.5, 0.6) is 0 Å². The number of nitrogens with zero attached hydrogens (tertiary/aromatic N) is 1. The molecule has 0 bridgehead atoms. The Morgan fingerprint density at radius 3 is 2.47 bits per heavy atom. The first kappa shape index (κ1) is 12.8. The third kappa shape index (κ3) is 2.47. The van der Waals surface area contributed by atoms with Crippen LogP contribution in [0.2, 0.25) is 0 Å². The van der Waals surface area contributed by atoms with Crippen molar-refractivity contribution >= 4 is 23.5 Å². The van der Waals surface area contributed by atoms with Gasteiger partial charge in [0.2, 0.25) is 0 Å². The van der Waals surface area contributed by atoms with Crippen LogP contribution in [0.15, 0.2) is 36.4 Å². The number of para-hydroxylation sites is 1. The fourth-order valence-electron chi connectivity index (χ4n) is 2.08. The van der Waals surface area contributed by atoms with Gasteiger partial charge >= 0.3 is 11.9 Å². The summed E-state index contributed by atoms with van der Waals surface area (Å²) < 4.78 is 0. The summed E-state index contributed by atoms with van der Waals surface area (Å²) in [6.45, 7) is 0. The van der Waals surface area contributed by atoms with E-state index in [9.17, 15) is 14.4 Å². The van der Waals surface area contributed by atoms with E-state index in [-0.39, 0.29) is 6.42 Å². The number of fused-ring (bicyclic) bond motifs is 1. The lowest BCUT2D eigenvalue weighted by Crippen LogP contribution is -2.42. The van der Waals surface area contributed by atoms with Crippen LogP contribution < -0.4 is 4.90 Å². The molecule has 0 fully saturated rings. The van der Waals surface area contributed by atoms with Crippen molar-refractivity contribution in [1.82, 2.24) is 0 Å². The number of carboxylic acids is 2. The molecule has 2 N–H and O–H groups in total. The zero-order valence-electron chi connectivity index (χ0n) is 9.81. The Balaban J connectivity index is 2.36. The highest BCUT2D eigenvalue weighted by molar-refractivity contribution is 6.08. The van der Waals surface area contributed by atoms with Gasteiger partial charge in [-0.15, -0.1) is 0 Å². The maximum absolute atomic E-state index is 11.9. The van der Waals surface area contributed by atoms with E-state index in [0.29, 0.717) is 11.8 Å². The molecule has 1 atom stereocenters. The molecule has 1 aromatic rings. The van der Waals surface area contributed by atoms with Crippen molar-refractivity contribution in [2.45, 2.75) is 12.5 Å². The van der Waals surface area contributed by atoms with E-state index >= 15 is 0 Å². The highest BCUT2D eigenvalue weighted by Crippen LogP contribution is 2.32. The fourth-order valence-corrected chi connectivity index (χ4v) is 2.08. The molecule has 0 spiro atoms. The van der Waals surface area contributed by atoms with Gasteiger partial charge in [0.25, 0.3) is 5.91 Å². The van der Waals surface area contributed by atoms with Gasteiger partial charge in [-0.3, -0.25) is 9.69 Å². The van der Waals surface area contributed by atoms with Gasteiger partial charge in [-0.25, -0.2) is 9.59 Å². The van der Waals surface area contributed by atoms with Crippen molar-refractivity contribution in [2.24, 2.45) is 0 Å². The van der Waals surface area contributed by atoms with Gasteiger partial charge in [-0.2, -0.15) is 0 Å². The molecule has 6 heteroatoms. The minimum absolute atomic E-state index is 0.220. The van der Waals surface area contributed by atoms with Crippen LogP contribution in [0.3, 0.4) is 0 Å². The Labute approximate surface area is 108 Å². The van der Waals surface area contributed by atoms with Crippen LogP contribution in [0, 0.1) is 0 Å². The molecule has 2 rings (SSSR count). The summed E-state index contributed by atoms with van der Waals surface area (Å²) in [5, 5.41) is 17.6. The van der Waals surface area contributed by atoms with E-state index in [0.717, 1.165) is 16.5 Å². The number of rotatable bonds is 3. The Hall–Kier alpha value is -2.63. The van der Waals surface area contributed by atoms with Gasteiger partial charge in [-0.1, -0.05) is 18.2 Å². The van der Waals surface area contributed by atoms with E-state index in [1.807, 2.05) is 0 Å². The Bertz CT molecular complexity index is 578. The summed E-state index contributed by atoms with van der Waals surface area (Å²) in [6.07, 6.45) is 1.78. The number of carbonyl (C=O) groups is 3. The average Bonchev–Trinajstić information content (AvgIpc) is 2.75. The van der Waals surface area contributed by atoms with Crippen molar-refractivity contribution in [3.63, 3.8) is 0 Å². The number of carbonyl (C=O) groups excluding carboxylic acids is 1. The summed E-state index contributed by atoms with van der Waals surface area (Å²) >= 11 is 0. The van der Waals surface area contributed by atoms with E-state index in [4.69, 9.17) is 10.2 Å². The lowest BCUT2D eigenvalue weighted by molar-refractivity contribution is -0.139. The predicted octanol–water partition coefficient (Wildman–Crippen LogP) is 0.670. The quantitative estimate of drug-likeness (QED) is 0.780. The second kappa shape index (κ2) is 4.93. The van der Waals surface area contributed by atoms with Crippen molar-refractivity contribution in [1.29, 1.82) is 0 Å². The van der Waals surface area contributed by atoms with Gasteiger partial charge in [0.1, 0.15) is 6.04 Å². The minimum atomic E-state index is -1.26. The topological polar surface area (TPSA) is 94.9 Å². The molecule has 0 unspecified atom stereocenters. The van der Waals surface area contributed by atoms with Crippen LogP contribution in [-0.4, -0.2) is 34.1 Å². The molecule has 1 amide bonds. The molecule has 98 valence electrons. The minimum Gasteiger partial charge on any atom is -0.480 e. The second-order valence-corrected chi connectivity index (χ2v) is 4.07. The number of hydrogen-bond donors (Lipinski definition) is 2. The highest BCUT2D eigenvalue weighted by atomic mass is 16.4. The van der Waals surface area contributed by atoms with Crippen molar-refractivity contribution < 1.29 is 24.6 Å². The molecule has 1 heterocycles. The number of aliphatic carboxylic acids is 2. The van der Waals surface area contributed by atoms with Gasteiger partial charge in [0, 0.05) is 24.3 Å². The Kier molecular flexibility index (Phi) is 3.33. The van der Waals surface area contributed by atoms with Crippen LogP contribution in [0.1, 0.15) is 5.56 Å². The Morgan fingerprint density at radius 2 is 1.84 bits per heavy atom. The molecular formula is C13H11NO5. The van der Waals surface area contributed by atoms with Gasteiger partial charge in [-0.05, 0) is 11.6 Å². The smallest absolute Gasteiger partial charge is 0.328 e.